The summed E-state index contributed by atoms with van der Waals surface area (Å²) in [7, 11) is 0. The Hall–Kier alpha value is -3.13. The summed E-state index contributed by atoms with van der Waals surface area (Å²) < 4.78 is 19.6. The number of amides is 2. The van der Waals surface area contributed by atoms with Gasteiger partial charge in [0.1, 0.15) is 11.6 Å². The van der Waals surface area contributed by atoms with Crippen LogP contribution in [-0.4, -0.2) is 56.0 Å². The van der Waals surface area contributed by atoms with Crippen molar-refractivity contribution in [3.05, 3.63) is 59.4 Å². The van der Waals surface area contributed by atoms with Crippen LogP contribution in [0.4, 0.5) is 10.1 Å². The lowest BCUT2D eigenvalue weighted by Gasteiger charge is -2.37. The van der Waals surface area contributed by atoms with Crippen molar-refractivity contribution in [1.82, 2.24) is 10.2 Å². The average Bonchev–Trinajstić information content (AvgIpc) is 2.78. The number of nitrogens with one attached hydrogen (secondary N) is 1. The summed E-state index contributed by atoms with van der Waals surface area (Å²) >= 11 is 0. The fourth-order valence-electron chi connectivity index (χ4n) is 3.88. The van der Waals surface area contributed by atoms with Crippen LogP contribution in [0.2, 0.25) is 0 Å². The Labute approximate surface area is 188 Å². The van der Waals surface area contributed by atoms with Crippen LogP contribution in [0.1, 0.15) is 31.0 Å². The minimum atomic E-state index is -0.406. The molecule has 2 aromatic carbocycles. The van der Waals surface area contributed by atoms with Gasteiger partial charge in [-0.2, -0.15) is 0 Å². The van der Waals surface area contributed by atoms with E-state index in [1.165, 1.54) is 12.1 Å². The molecule has 1 unspecified atom stereocenters. The van der Waals surface area contributed by atoms with Crippen molar-refractivity contribution in [3.63, 3.8) is 0 Å². The second-order valence-electron chi connectivity index (χ2n) is 7.99. The van der Waals surface area contributed by atoms with Crippen molar-refractivity contribution in [3.8, 4) is 5.75 Å². The maximum Gasteiger partial charge on any atom is 0.258 e. The van der Waals surface area contributed by atoms with Crippen LogP contribution in [-0.2, 0) is 16.0 Å². The number of anilines is 1. The van der Waals surface area contributed by atoms with Crippen molar-refractivity contribution in [1.29, 1.82) is 0 Å². The van der Waals surface area contributed by atoms with E-state index in [9.17, 15) is 14.0 Å². The van der Waals surface area contributed by atoms with E-state index in [0.29, 0.717) is 5.75 Å². The molecule has 7 nitrogen and oxygen atoms in total. The Morgan fingerprint density at radius 2 is 1.81 bits per heavy atom. The highest BCUT2D eigenvalue weighted by molar-refractivity contribution is 5.78. The van der Waals surface area contributed by atoms with E-state index in [4.69, 9.17) is 10.5 Å². The first kappa shape index (κ1) is 23.5. The number of nitrogens with zero attached hydrogens (tertiary/aromatic N) is 2. The van der Waals surface area contributed by atoms with Gasteiger partial charge in [-0.15, -0.1) is 0 Å². The normalized spacial score (nSPS) is 15.3. The number of primary amides is 1. The van der Waals surface area contributed by atoms with E-state index in [0.717, 1.165) is 49.5 Å². The van der Waals surface area contributed by atoms with Gasteiger partial charge in [0.05, 0.1) is 12.5 Å². The number of likely N-dealkylation sites (N-methyl/N-ethyl adjacent to an activating group) is 1. The molecule has 0 bridgehead atoms. The smallest absolute Gasteiger partial charge is 0.258 e. The van der Waals surface area contributed by atoms with E-state index in [1.54, 1.807) is 30.3 Å². The third-order valence-electron chi connectivity index (χ3n) is 5.67. The summed E-state index contributed by atoms with van der Waals surface area (Å²) in [5.41, 5.74) is 7.66. The fourth-order valence-corrected chi connectivity index (χ4v) is 3.88. The van der Waals surface area contributed by atoms with E-state index in [2.05, 4.69) is 22.0 Å². The van der Waals surface area contributed by atoms with Gasteiger partial charge in [-0.1, -0.05) is 19.1 Å². The van der Waals surface area contributed by atoms with Gasteiger partial charge in [0.2, 0.25) is 5.91 Å². The molecule has 0 saturated carbocycles. The van der Waals surface area contributed by atoms with Gasteiger partial charge in [0, 0.05) is 37.4 Å². The monoisotopic (exact) mass is 442 g/mol. The highest BCUT2D eigenvalue weighted by Gasteiger charge is 2.22. The Morgan fingerprint density at radius 3 is 2.44 bits per heavy atom. The second-order valence-corrected chi connectivity index (χ2v) is 7.99. The zero-order valence-electron chi connectivity index (χ0n) is 18.6. The molecule has 1 saturated heterocycles. The molecule has 1 fully saturated rings. The molecular formula is C24H31FN4O3. The van der Waals surface area contributed by atoms with Gasteiger partial charge >= 0.3 is 0 Å². The van der Waals surface area contributed by atoms with Crippen LogP contribution in [0.15, 0.2) is 42.5 Å². The van der Waals surface area contributed by atoms with Crippen molar-refractivity contribution in [2.75, 3.05) is 44.2 Å². The number of halogens is 1. The molecule has 3 N–H and O–H groups in total. The van der Waals surface area contributed by atoms with E-state index < -0.39 is 5.91 Å². The molecule has 1 heterocycles. The molecule has 32 heavy (non-hydrogen) atoms. The first-order valence-corrected chi connectivity index (χ1v) is 10.9. The van der Waals surface area contributed by atoms with Gasteiger partial charge < -0.3 is 25.6 Å². The van der Waals surface area contributed by atoms with Gasteiger partial charge in [-0.05, 0) is 49.4 Å². The van der Waals surface area contributed by atoms with Crippen LogP contribution < -0.4 is 20.7 Å². The summed E-state index contributed by atoms with van der Waals surface area (Å²) in [5.74, 6) is -0.522. The van der Waals surface area contributed by atoms with E-state index in [1.807, 2.05) is 6.92 Å². The molecule has 0 aliphatic carbocycles. The van der Waals surface area contributed by atoms with Crippen molar-refractivity contribution >= 4 is 17.5 Å². The summed E-state index contributed by atoms with van der Waals surface area (Å²) in [4.78, 5) is 28.0. The number of benzene rings is 2. The van der Waals surface area contributed by atoms with Crippen molar-refractivity contribution in [2.24, 2.45) is 5.73 Å². The Morgan fingerprint density at radius 1 is 1.12 bits per heavy atom. The summed E-state index contributed by atoms with van der Waals surface area (Å²) in [6, 6.07) is 11.2. The largest absolute Gasteiger partial charge is 0.484 e. The molecule has 1 atom stereocenters. The minimum absolute atomic E-state index is 0.155. The Balaban J connectivity index is 1.59. The summed E-state index contributed by atoms with van der Waals surface area (Å²) in [6.45, 7) is 8.49. The molecule has 1 aliphatic rings. The number of nitrogens with two attached hydrogens (primary N) is 1. The predicted octanol–water partition coefficient (Wildman–Crippen LogP) is 2.25. The first-order chi connectivity index (χ1) is 15.4. The standard InChI is InChI=1S/C24H31FN4O3/c1-3-28-10-12-29(13-11-28)22-9-6-19(25)15-21(22)17(2)27-24(31)16-32-20-7-4-18(5-8-20)14-23(26)30/h4-9,15,17H,3,10-14,16H2,1-2H3,(H2,26,30)(H,27,31). The lowest BCUT2D eigenvalue weighted by Crippen LogP contribution is -2.46. The van der Waals surface area contributed by atoms with Crippen LogP contribution in [0, 0.1) is 5.82 Å². The third-order valence-corrected chi connectivity index (χ3v) is 5.67. The number of carbonyl (C=O) groups is 2. The average molecular weight is 443 g/mol. The third kappa shape index (κ3) is 6.43. The van der Waals surface area contributed by atoms with Crippen LogP contribution in [0.5, 0.6) is 5.75 Å². The number of hydrogen-bond donors (Lipinski definition) is 2. The number of carbonyl (C=O) groups excluding carboxylic acids is 2. The quantitative estimate of drug-likeness (QED) is 0.622. The molecular weight excluding hydrogens is 411 g/mol. The number of hydrogen-bond acceptors (Lipinski definition) is 5. The number of piperazine rings is 1. The minimum Gasteiger partial charge on any atom is -0.484 e. The maximum absolute atomic E-state index is 14.0. The zero-order chi connectivity index (χ0) is 23.1. The van der Waals surface area contributed by atoms with Crippen LogP contribution >= 0.6 is 0 Å². The van der Waals surface area contributed by atoms with Gasteiger partial charge in [-0.25, -0.2) is 4.39 Å². The molecule has 2 aromatic rings. The molecule has 0 aromatic heterocycles. The summed E-state index contributed by atoms with van der Waals surface area (Å²) in [5, 5.41) is 2.90. The molecule has 3 rings (SSSR count). The van der Waals surface area contributed by atoms with E-state index >= 15 is 0 Å². The second kappa shape index (κ2) is 10.9. The predicted molar refractivity (Wildman–Crippen MR) is 122 cm³/mol. The zero-order valence-corrected chi connectivity index (χ0v) is 18.6. The SMILES string of the molecule is CCN1CCN(c2ccc(F)cc2C(C)NC(=O)COc2ccc(CC(N)=O)cc2)CC1. The van der Waals surface area contributed by atoms with Crippen LogP contribution in [0.25, 0.3) is 0 Å². The molecule has 172 valence electrons. The van der Waals surface area contributed by atoms with Gasteiger partial charge in [0.15, 0.2) is 6.61 Å². The van der Waals surface area contributed by atoms with Gasteiger partial charge in [0.25, 0.3) is 5.91 Å². The molecule has 8 heteroatoms. The highest BCUT2D eigenvalue weighted by Crippen LogP contribution is 2.28. The Kier molecular flexibility index (Phi) is 8.05. The first-order valence-electron chi connectivity index (χ1n) is 10.9. The highest BCUT2D eigenvalue weighted by atomic mass is 19.1. The fraction of sp³-hybridized carbons (Fsp3) is 0.417. The van der Waals surface area contributed by atoms with Gasteiger partial charge in [-0.3, -0.25) is 9.59 Å². The van der Waals surface area contributed by atoms with Crippen LogP contribution in [0.3, 0.4) is 0 Å². The summed E-state index contributed by atoms with van der Waals surface area (Å²) in [6.07, 6.45) is 0.155. The molecule has 2 amide bonds. The lowest BCUT2D eigenvalue weighted by molar-refractivity contribution is -0.123. The maximum atomic E-state index is 14.0. The molecule has 1 aliphatic heterocycles. The lowest BCUT2D eigenvalue weighted by atomic mass is 10.0. The molecule has 0 radical (unpaired) electrons. The number of ether oxygens (including phenoxy) is 1. The van der Waals surface area contributed by atoms with E-state index in [-0.39, 0.29) is 30.8 Å². The topological polar surface area (TPSA) is 87.9 Å². The van der Waals surface area contributed by atoms with Crippen molar-refractivity contribution < 1.29 is 18.7 Å². The van der Waals surface area contributed by atoms with Crippen molar-refractivity contribution in [2.45, 2.75) is 26.3 Å². The Bertz CT molecular complexity index is 927. The molecule has 0 spiro atoms. The number of rotatable bonds is 9.